The maximum atomic E-state index is 13.0. The van der Waals surface area contributed by atoms with Crippen LogP contribution in [0.2, 0.25) is 0 Å². The molecule has 0 aliphatic heterocycles. The Hall–Kier alpha value is -3.06. The number of rotatable bonds is 12. The van der Waals surface area contributed by atoms with Crippen molar-refractivity contribution in [1.82, 2.24) is 15.6 Å². The number of nitrogens with one attached hydrogen (secondary N) is 2. The molecule has 166 valence electrons. The number of likely N-dealkylation sites (N-methyl/N-ethyl adjacent to an activating group) is 1. The van der Waals surface area contributed by atoms with Gasteiger partial charge >= 0.3 is 0 Å². The van der Waals surface area contributed by atoms with Crippen molar-refractivity contribution in [3.05, 3.63) is 71.5 Å². The van der Waals surface area contributed by atoms with Crippen molar-refractivity contribution in [1.29, 1.82) is 0 Å². The average molecular weight is 427 g/mol. The lowest BCUT2D eigenvalue weighted by Gasteiger charge is -2.28. The van der Waals surface area contributed by atoms with Gasteiger partial charge in [0.1, 0.15) is 5.82 Å². The van der Waals surface area contributed by atoms with E-state index in [-0.39, 0.29) is 23.7 Å². The maximum Gasteiger partial charge on any atom is 0.257 e. The van der Waals surface area contributed by atoms with Crippen LogP contribution in [-0.2, 0) is 4.79 Å². The molecule has 0 aromatic heterocycles. The third kappa shape index (κ3) is 8.30. The Morgan fingerprint density at radius 3 is 2.35 bits per heavy atom. The zero-order chi connectivity index (χ0) is 22.5. The molecule has 0 heterocycles. The van der Waals surface area contributed by atoms with Gasteiger partial charge in [0.15, 0.2) is 0 Å². The van der Waals surface area contributed by atoms with Crippen molar-refractivity contribution in [2.45, 2.75) is 39.2 Å². The summed E-state index contributed by atoms with van der Waals surface area (Å²) in [5.74, 6) is -0.577. The third-order valence-corrected chi connectivity index (χ3v) is 5.04. The van der Waals surface area contributed by atoms with E-state index in [1.807, 2.05) is 32.0 Å². The van der Waals surface area contributed by atoms with Crippen LogP contribution in [0.5, 0.6) is 0 Å². The minimum atomic E-state index is -0.317. The standard InChI is InChI=1S/C24H31FN4O2/c1-3-29(4-2)22(24(31)28-27-18-19-13-15-21(25)16-14-19)12-8-9-17-26-23(30)20-10-6-5-7-11-20/h5-7,10-11,13-16,18,22H,3-4,8-9,12,17H2,1-2H3,(H,26,30)(H,28,31)/b27-18+. The van der Waals surface area contributed by atoms with Gasteiger partial charge in [0.2, 0.25) is 0 Å². The van der Waals surface area contributed by atoms with E-state index in [2.05, 4.69) is 20.7 Å². The first-order chi connectivity index (χ1) is 15.0. The fraction of sp³-hybridized carbons (Fsp3) is 0.375. The van der Waals surface area contributed by atoms with E-state index in [0.717, 1.165) is 25.9 Å². The van der Waals surface area contributed by atoms with E-state index in [0.29, 0.717) is 24.1 Å². The van der Waals surface area contributed by atoms with Gasteiger partial charge in [0.25, 0.3) is 11.8 Å². The summed E-state index contributed by atoms with van der Waals surface area (Å²) < 4.78 is 13.0. The second-order valence-electron chi connectivity index (χ2n) is 7.14. The molecule has 0 radical (unpaired) electrons. The first-order valence-electron chi connectivity index (χ1n) is 10.7. The Bertz CT molecular complexity index is 836. The zero-order valence-corrected chi connectivity index (χ0v) is 18.2. The third-order valence-electron chi connectivity index (χ3n) is 5.04. The first kappa shape index (κ1) is 24.2. The summed E-state index contributed by atoms with van der Waals surface area (Å²) in [7, 11) is 0. The van der Waals surface area contributed by atoms with Gasteiger partial charge in [-0.2, -0.15) is 5.10 Å². The molecule has 0 saturated heterocycles. The Morgan fingerprint density at radius 2 is 1.71 bits per heavy atom. The molecule has 0 aliphatic carbocycles. The van der Waals surface area contributed by atoms with Crippen molar-refractivity contribution < 1.29 is 14.0 Å². The molecule has 2 rings (SSSR count). The van der Waals surface area contributed by atoms with Crippen LogP contribution in [0.4, 0.5) is 4.39 Å². The molecule has 6 nitrogen and oxygen atoms in total. The maximum absolute atomic E-state index is 13.0. The predicted octanol–water partition coefficient (Wildman–Crippen LogP) is 3.59. The van der Waals surface area contributed by atoms with Crippen molar-refractivity contribution >= 4 is 18.0 Å². The molecule has 0 bridgehead atoms. The Morgan fingerprint density at radius 1 is 1.03 bits per heavy atom. The summed E-state index contributed by atoms with van der Waals surface area (Å²) in [6.45, 7) is 6.10. The van der Waals surface area contributed by atoms with E-state index in [1.165, 1.54) is 18.3 Å². The molecule has 2 amide bonds. The number of carbonyl (C=O) groups is 2. The molecule has 1 atom stereocenters. The second-order valence-corrected chi connectivity index (χ2v) is 7.14. The van der Waals surface area contributed by atoms with E-state index in [1.54, 1.807) is 24.3 Å². The summed E-state index contributed by atoms with van der Waals surface area (Å²) in [5.41, 5.74) is 3.95. The van der Waals surface area contributed by atoms with E-state index in [4.69, 9.17) is 0 Å². The zero-order valence-electron chi connectivity index (χ0n) is 18.2. The van der Waals surface area contributed by atoms with Crippen LogP contribution in [0.15, 0.2) is 59.7 Å². The van der Waals surface area contributed by atoms with Gasteiger partial charge in [-0.05, 0) is 62.2 Å². The molecule has 2 aromatic carbocycles. The van der Waals surface area contributed by atoms with Gasteiger partial charge in [-0.3, -0.25) is 14.5 Å². The summed E-state index contributed by atoms with van der Waals surface area (Å²) in [6.07, 6.45) is 3.74. The predicted molar refractivity (Wildman–Crippen MR) is 121 cm³/mol. The van der Waals surface area contributed by atoms with Crippen LogP contribution in [0.25, 0.3) is 0 Å². The van der Waals surface area contributed by atoms with Gasteiger partial charge in [0.05, 0.1) is 12.3 Å². The molecular formula is C24H31FN4O2. The molecular weight excluding hydrogens is 395 g/mol. The van der Waals surface area contributed by atoms with Gasteiger partial charge in [-0.1, -0.05) is 44.2 Å². The highest BCUT2D eigenvalue weighted by Crippen LogP contribution is 2.10. The quantitative estimate of drug-likeness (QED) is 0.309. The van der Waals surface area contributed by atoms with Crippen LogP contribution in [0.1, 0.15) is 49.0 Å². The normalized spacial score (nSPS) is 12.1. The fourth-order valence-corrected chi connectivity index (χ4v) is 3.29. The number of unbranched alkanes of at least 4 members (excludes halogenated alkanes) is 1. The Labute approximate surface area is 183 Å². The van der Waals surface area contributed by atoms with Gasteiger partial charge in [-0.15, -0.1) is 0 Å². The molecule has 1 unspecified atom stereocenters. The molecule has 2 aromatic rings. The summed E-state index contributed by atoms with van der Waals surface area (Å²) in [5, 5.41) is 6.93. The van der Waals surface area contributed by atoms with Crippen LogP contribution < -0.4 is 10.7 Å². The number of carbonyl (C=O) groups excluding carboxylic acids is 2. The molecule has 0 aliphatic rings. The molecule has 2 N–H and O–H groups in total. The Kier molecular flexibility index (Phi) is 10.4. The number of hydrogen-bond acceptors (Lipinski definition) is 4. The van der Waals surface area contributed by atoms with Gasteiger partial charge in [0, 0.05) is 12.1 Å². The number of hydrogen-bond donors (Lipinski definition) is 2. The van der Waals surface area contributed by atoms with Crippen molar-refractivity contribution in [3.8, 4) is 0 Å². The van der Waals surface area contributed by atoms with Crippen LogP contribution in [0.3, 0.4) is 0 Å². The highest BCUT2D eigenvalue weighted by atomic mass is 19.1. The number of benzene rings is 2. The van der Waals surface area contributed by atoms with E-state index in [9.17, 15) is 14.0 Å². The summed E-state index contributed by atoms with van der Waals surface area (Å²) in [4.78, 5) is 26.9. The van der Waals surface area contributed by atoms with Gasteiger partial charge in [-0.25, -0.2) is 9.82 Å². The number of halogens is 1. The topological polar surface area (TPSA) is 73.8 Å². The lowest BCUT2D eigenvalue weighted by molar-refractivity contribution is -0.126. The first-order valence-corrected chi connectivity index (χ1v) is 10.7. The average Bonchev–Trinajstić information content (AvgIpc) is 2.80. The minimum Gasteiger partial charge on any atom is -0.352 e. The lowest BCUT2D eigenvalue weighted by atomic mass is 10.1. The monoisotopic (exact) mass is 426 g/mol. The number of hydrazone groups is 1. The summed E-state index contributed by atoms with van der Waals surface area (Å²) >= 11 is 0. The highest BCUT2D eigenvalue weighted by Gasteiger charge is 2.23. The number of nitrogens with zero attached hydrogens (tertiary/aromatic N) is 2. The molecule has 7 heteroatoms. The fourth-order valence-electron chi connectivity index (χ4n) is 3.29. The minimum absolute atomic E-state index is 0.0891. The van der Waals surface area contributed by atoms with Crippen LogP contribution in [0, 0.1) is 5.82 Å². The smallest absolute Gasteiger partial charge is 0.257 e. The number of amides is 2. The largest absolute Gasteiger partial charge is 0.352 e. The molecule has 0 saturated carbocycles. The van der Waals surface area contributed by atoms with Crippen LogP contribution in [-0.4, -0.2) is 48.6 Å². The highest BCUT2D eigenvalue weighted by molar-refractivity contribution is 5.94. The molecule has 0 spiro atoms. The molecule has 0 fully saturated rings. The van der Waals surface area contributed by atoms with E-state index >= 15 is 0 Å². The Balaban J connectivity index is 1.81. The SMILES string of the molecule is CCN(CC)C(CCCCNC(=O)c1ccccc1)C(=O)N/N=C/c1ccc(F)cc1. The lowest BCUT2D eigenvalue weighted by Crippen LogP contribution is -2.45. The van der Waals surface area contributed by atoms with Crippen molar-refractivity contribution in [2.75, 3.05) is 19.6 Å². The summed E-state index contributed by atoms with van der Waals surface area (Å²) in [6, 6.07) is 14.7. The van der Waals surface area contributed by atoms with E-state index < -0.39 is 0 Å². The van der Waals surface area contributed by atoms with Crippen molar-refractivity contribution in [2.24, 2.45) is 5.10 Å². The van der Waals surface area contributed by atoms with Gasteiger partial charge < -0.3 is 5.32 Å². The van der Waals surface area contributed by atoms with Crippen LogP contribution >= 0.6 is 0 Å². The van der Waals surface area contributed by atoms with Crippen molar-refractivity contribution in [3.63, 3.8) is 0 Å². The molecule has 31 heavy (non-hydrogen) atoms. The second kappa shape index (κ2) is 13.3.